The van der Waals surface area contributed by atoms with Crippen LogP contribution in [-0.2, 0) is 0 Å². The first kappa shape index (κ1) is 15.3. The van der Waals surface area contributed by atoms with Gasteiger partial charge in [0.15, 0.2) is 5.58 Å². The van der Waals surface area contributed by atoms with E-state index in [9.17, 15) is 4.79 Å². The fraction of sp³-hybridized carbons (Fsp3) is 0.438. The SMILES string of the molecule is CNC(=O)c1c(C#N)oc2ccc(NC3CCN(C)CC3)nc12. The van der Waals surface area contributed by atoms with Gasteiger partial charge in [-0.05, 0) is 45.1 Å². The Morgan fingerprint density at radius 1 is 1.43 bits per heavy atom. The molecule has 1 fully saturated rings. The Hall–Kier alpha value is -2.59. The second-order valence-electron chi connectivity index (χ2n) is 5.76. The number of rotatable bonds is 3. The smallest absolute Gasteiger partial charge is 0.257 e. The molecule has 0 aliphatic carbocycles. The summed E-state index contributed by atoms with van der Waals surface area (Å²) >= 11 is 0. The quantitative estimate of drug-likeness (QED) is 0.893. The Bertz CT molecular complexity index is 769. The Labute approximate surface area is 134 Å². The molecule has 23 heavy (non-hydrogen) atoms. The minimum atomic E-state index is -0.371. The van der Waals surface area contributed by atoms with Crippen LogP contribution in [0.5, 0.6) is 0 Å². The second-order valence-corrected chi connectivity index (χ2v) is 5.76. The highest BCUT2D eigenvalue weighted by Crippen LogP contribution is 2.26. The minimum Gasteiger partial charge on any atom is -0.443 e. The molecule has 0 atom stereocenters. The molecule has 3 heterocycles. The van der Waals surface area contributed by atoms with E-state index in [1.54, 1.807) is 6.07 Å². The number of aromatic nitrogens is 1. The molecule has 3 rings (SSSR count). The maximum absolute atomic E-state index is 12.0. The number of nitriles is 1. The van der Waals surface area contributed by atoms with Crippen molar-refractivity contribution in [2.75, 3.05) is 32.5 Å². The highest BCUT2D eigenvalue weighted by Gasteiger charge is 2.22. The van der Waals surface area contributed by atoms with Gasteiger partial charge < -0.3 is 20.0 Å². The fourth-order valence-corrected chi connectivity index (χ4v) is 2.83. The van der Waals surface area contributed by atoms with Gasteiger partial charge in [0.25, 0.3) is 5.91 Å². The lowest BCUT2D eigenvalue weighted by atomic mass is 10.1. The number of amides is 1. The number of nitrogens with one attached hydrogen (secondary N) is 2. The molecule has 2 aromatic rings. The normalized spacial score (nSPS) is 16.2. The van der Waals surface area contributed by atoms with Gasteiger partial charge in [0.05, 0.1) is 0 Å². The van der Waals surface area contributed by atoms with Crippen molar-refractivity contribution in [3.8, 4) is 6.07 Å². The van der Waals surface area contributed by atoms with Crippen LogP contribution in [0.2, 0.25) is 0 Å². The zero-order valence-electron chi connectivity index (χ0n) is 13.2. The molecule has 7 nitrogen and oxygen atoms in total. The molecule has 0 unspecified atom stereocenters. The van der Waals surface area contributed by atoms with E-state index in [0.717, 1.165) is 25.9 Å². The average molecular weight is 313 g/mol. The molecule has 120 valence electrons. The first-order valence-electron chi connectivity index (χ1n) is 7.63. The lowest BCUT2D eigenvalue weighted by molar-refractivity contribution is 0.0963. The lowest BCUT2D eigenvalue weighted by Gasteiger charge is -2.29. The molecule has 0 aromatic carbocycles. The van der Waals surface area contributed by atoms with Crippen LogP contribution in [0.3, 0.4) is 0 Å². The molecular formula is C16H19N5O2. The van der Waals surface area contributed by atoms with E-state index in [-0.39, 0.29) is 17.2 Å². The van der Waals surface area contributed by atoms with E-state index in [1.165, 1.54) is 7.05 Å². The molecular weight excluding hydrogens is 294 g/mol. The number of pyridine rings is 1. The summed E-state index contributed by atoms with van der Waals surface area (Å²) in [6.07, 6.45) is 2.10. The standard InChI is InChI=1S/C16H19N5O2/c1-18-16(22)14-12(9-17)23-11-3-4-13(20-15(11)14)19-10-5-7-21(2)8-6-10/h3-4,10H,5-8H2,1-2H3,(H,18,22)(H,19,20). The van der Waals surface area contributed by atoms with Gasteiger partial charge in [-0.3, -0.25) is 4.79 Å². The van der Waals surface area contributed by atoms with Crippen LogP contribution in [0, 0.1) is 11.3 Å². The maximum atomic E-state index is 12.0. The third kappa shape index (κ3) is 2.98. The van der Waals surface area contributed by atoms with Gasteiger partial charge in [0.1, 0.15) is 23.0 Å². The van der Waals surface area contributed by atoms with E-state index < -0.39 is 0 Å². The molecule has 1 amide bonds. The van der Waals surface area contributed by atoms with Crippen LogP contribution >= 0.6 is 0 Å². The fourth-order valence-electron chi connectivity index (χ4n) is 2.83. The summed E-state index contributed by atoms with van der Waals surface area (Å²) in [5, 5.41) is 15.1. The number of likely N-dealkylation sites (tertiary alicyclic amines) is 1. The van der Waals surface area contributed by atoms with Gasteiger partial charge in [0, 0.05) is 13.1 Å². The molecule has 0 saturated carbocycles. The van der Waals surface area contributed by atoms with Crippen LogP contribution in [-0.4, -0.2) is 49.0 Å². The Kier molecular flexibility index (Phi) is 4.17. The van der Waals surface area contributed by atoms with Crippen molar-refractivity contribution < 1.29 is 9.21 Å². The van der Waals surface area contributed by atoms with Crippen LogP contribution in [0.15, 0.2) is 16.5 Å². The highest BCUT2D eigenvalue weighted by molar-refractivity contribution is 6.06. The maximum Gasteiger partial charge on any atom is 0.257 e. The summed E-state index contributed by atoms with van der Waals surface area (Å²) in [5.74, 6) is 0.315. The van der Waals surface area contributed by atoms with Crippen LogP contribution in [0.1, 0.15) is 29.0 Å². The highest BCUT2D eigenvalue weighted by atomic mass is 16.3. The van der Waals surface area contributed by atoms with Crippen LogP contribution in [0.25, 0.3) is 11.1 Å². The summed E-state index contributed by atoms with van der Waals surface area (Å²) in [5.41, 5.74) is 1.05. The number of carbonyl (C=O) groups is 1. The summed E-state index contributed by atoms with van der Waals surface area (Å²) in [6.45, 7) is 2.10. The lowest BCUT2D eigenvalue weighted by Crippen LogP contribution is -2.36. The van der Waals surface area contributed by atoms with Gasteiger partial charge in [-0.2, -0.15) is 5.26 Å². The summed E-state index contributed by atoms with van der Waals surface area (Å²) < 4.78 is 5.41. The van der Waals surface area contributed by atoms with Gasteiger partial charge in [-0.25, -0.2) is 4.98 Å². The number of hydrogen-bond acceptors (Lipinski definition) is 6. The molecule has 1 aliphatic heterocycles. The van der Waals surface area contributed by atoms with E-state index in [1.807, 2.05) is 12.1 Å². The predicted molar refractivity (Wildman–Crippen MR) is 86.3 cm³/mol. The Morgan fingerprint density at radius 2 is 2.17 bits per heavy atom. The number of nitrogens with zero attached hydrogens (tertiary/aromatic N) is 3. The summed E-state index contributed by atoms with van der Waals surface area (Å²) in [7, 11) is 3.63. The van der Waals surface area contributed by atoms with Crippen molar-refractivity contribution in [2.45, 2.75) is 18.9 Å². The van der Waals surface area contributed by atoms with E-state index in [4.69, 9.17) is 9.68 Å². The van der Waals surface area contributed by atoms with Crippen LogP contribution in [0.4, 0.5) is 5.82 Å². The number of anilines is 1. The van der Waals surface area contributed by atoms with Crippen molar-refractivity contribution in [2.24, 2.45) is 0 Å². The molecule has 0 spiro atoms. The monoisotopic (exact) mass is 313 g/mol. The molecule has 0 radical (unpaired) electrons. The number of furan rings is 1. The topological polar surface area (TPSA) is 94.2 Å². The summed E-state index contributed by atoms with van der Waals surface area (Å²) in [4.78, 5) is 18.8. The van der Waals surface area contributed by atoms with Crippen molar-refractivity contribution >= 4 is 22.8 Å². The average Bonchev–Trinajstić information content (AvgIpc) is 2.94. The van der Waals surface area contributed by atoms with Crippen molar-refractivity contribution in [3.63, 3.8) is 0 Å². The molecule has 1 aliphatic rings. The number of hydrogen-bond donors (Lipinski definition) is 2. The number of piperidine rings is 1. The molecule has 2 aromatic heterocycles. The largest absolute Gasteiger partial charge is 0.443 e. The third-order valence-electron chi connectivity index (χ3n) is 4.16. The van der Waals surface area contributed by atoms with Crippen molar-refractivity contribution in [3.05, 3.63) is 23.5 Å². The molecule has 1 saturated heterocycles. The Balaban J connectivity index is 1.91. The zero-order valence-corrected chi connectivity index (χ0v) is 13.2. The van der Waals surface area contributed by atoms with Crippen LogP contribution < -0.4 is 10.6 Å². The third-order valence-corrected chi connectivity index (χ3v) is 4.16. The van der Waals surface area contributed by atoms with Gasteiger partial charge >= 0.3 is 0 Å². The first-order chi connectivity index (χ1) is 11.1. The summed E-state index contributed by atoms with van der Waals surface area (Å²) in [6, 6.07) is 5.84. The minimum absolute atomic E-state index is 0.0108. The predicted octanol–water partition coefficient (Wildman–Crippen LogP) is 1.57. The van der Waals surface area contributed by atoms with Gasteiger partial charge in [0.2, 0.25) is 5.76 Å². The Morgan fingerprint density at radius 3 is 2.83 bits per heavy atom. The van der Waals surface area contributed by atoms with Gasteiger partial charge in [-0.15, -0.1) is 0 Å². The van der Waals surface area contributed by atoms with E-state index in [0.29, 0.717) is 23.0 Å². The van der Waals surface area contributed by atoms with Crippen molar-refractivity contribution in [1.29, 1.82) is 5.26 Å². The second kappa shape index (κ2) is 6.26. The molecule has 0 bridgehead atoms. The zero-order chi connectivity index (χ0) is 16.4. The van der Waals surface area contributed by atoms with E-state index in [2.05, 4.69) is 27.6 Å². The number of fused-ring (bicyclic) bond motifs is 1. The van der Waals surface area contributed by atoms with Crippen molar-refractivity contribution in [1.82, 2.24) is 15.2 Å². The molecule has 7 heteroatoms. The molecule has 2 N–H and O–H groups in total. The first-order valence-corrected chi connectivity index (χ1v) is 7.63. The number of carbonyl (C=O) groups excluding carboxylic acids is 1. The van der Waals surface area contributed by atoms with E-state index >= 15 is 0 Å². The van der Waals surface area contributed by atoms with Gasteiger partial charge in [-0.1, -0.05) is 0 Å².